The summed E-state index contributed by atoms with van der Waals surface area (Å²) in [7, 11) is 0. The molecule has 1 amide bonds. The number of ether oxygens (including phenoxy) is 1. The summed E-state index contributed by atoms with van der Waals surface area (Å²) in [6.07, 6.45) is 95.9. The highest BCUT2D eigenvalue weighted by molar-refractivity contribution is 5.76. The van der Waals surface area contributed by atoms with E-state index in [-0.39, 0.29) is 18.5 Å². The van der Waals surface area contributed by atoms with Crippen molar-refractivity contribution in [1.29, 1.82) is 0 Å². The van der Waals surface area contributed by atoms with Gasteiger partial charge in [-0.15, -0.1) is 0 Å². The normalized spacial score (nSPS) is 12.5. The number of aliphatic hydroxyl groups is 2. The molecule has 0 rings (SSSR count). The lowest BCUT2D eigenvalue weighted by atomic mass is 10.0. The van der Waals surface area contributed by atoms with Crippen molar-refractivity contribution in [3.63, 3.8) is 0 Å². The fourth-order valence-corrected chi connectivity index (χ4v) is 13.0. The molecule has 0 saturated carbocycles. The van der Waals surface area contributed by atoms with Gasteiger partial charge < -0.3 is 20.3 Å². The largest absolute Gasteiger partial charge is 0.466 e. The molecular weight excluding hydrogens is 1050 g/mol. The van der Waals surface area contributed by atoms with Crippen molar-refractivity contribution in [2.75, 3.05) is 13.2 Å². The van der Waals surface area contributed by atoms with Crippen molar-refractivity contribution in [1.82, 2.24) is 5.32 Å². The molecule has 512 valence electrons. The molecule has 2 atom stereocenters. The summed E-state index contributed by atoms with van der Waals surface area (Å²) in [5.74, 6) is -0.00612. The quantitative estimate of drug-likeness (QED) is 0.0320. The van der Waals surface area contributed by atoms with Gasteiger partial charge in [-0.3, -0.25) is 9.59 Å². The molecule has 6 heteroatoms. The Morgan fingerprint density at radius 1 is 0.314 bits per heavy atom. The number of rotatable bonds is 76. The molecule has 0 aromatic carbocycles. The lowest BCUT2D eigenvalue weighted by molar-refractivity contribution is -0.143. The molecule has 3 N–H and O–H groups in total. The van der Waals surface area contributed by atoms with Gasteiger partial charge in [0.25, 0.3) is 0 Å². The topological polar surface area (TPSA) is 95.9 Å². The molecule has 0 spiro atoms. The average molecular weight is 1210 g/mol. The SMILES string of the molecule is CCCCCCCCC/C=C\CCCCCCCCCC(=O)OCCCCCCCCCCCCCCCCCCCCCCCCCCCCCCCCCC(=O)NC(CO)C(O)CCCCCCCCCCCCCCCCCCCCCC. The number of allylic oxidation sites excluding steroid dienone is 2. The Bertz CT molecular complexity index is 1300. The van der Waals surface area contributed by atoms with E-state index in [4.69, 9.17) is 4.74 Å². The standard InChI is InChI=1S/C80H157NO5/c1-3-5-7-9-11-13-15-17-19-21-23-37-40-44-48-52-56-60-64-68-72-78(83)77(76-82)81-79(84)73-69-65-61-57-53-49-45-41-38-35-33-31-29-27-25-24-26-28-30-32-34-36-39-43-47-51-55-59-63-67-71-75-86-80(85)74-70-66-62-58-54-50-46-42-22-20-18-16-14-12-10-8-6-4-2/h20,22,77-78,82-83H,3-19,21,23-76H2,1-2H3,(H,81,84)/b22-20-. The maximum Gasteiger partial charge on any atom is 0.305 e. The zero-order chi connectivity index (χ0) is 62.0. The molecule has 0 radical (unpaired) electrons. The van der Waals surface area contributed by atoms with Crippen LogP contribution in [0.25, 0.3) is 0 Å². The molecule has 0 aliphatic heterocycles. The Kier molecular flexibility index (Phi) is 74.8. The van der Waals surface area contributed by atoms with Crippen LogP contribution in [0.1, 0.15) is 463 Å². The summed E-state index contributed by atoms with van der Waals surface area (Å²) in [6.45, 7) is 5.01. The van der Waals surface area contributed by atoms with Crippen LogP contribution in [0.3, 0.4) is 0 Å². The third kappa shape index (κ3) is 71.7. The number of amides is 1. The van der Waals surface area contributed by atoms with E-state index in [9.17, 15) is 19.8 Å². The second kappa shape index (κ2) is 76.1. The molecule has 86 heavy (non-hydrogen) atoms. The molecule has 0 fully saturated rings. The van der Waals surface area contributed by atoms with Gasteiger partial charge in [-0.2, -0.15) is 0 Å². The van der Waals surface area contributed by atoms with Crippen LogP contribution in [0.4, 0.5) is 0 Å². The summed E-state index contributed by atoms with van der Waals surface area (Å²) in [5.41, 5.74) is 0. The van der Waals surface area contributed by atoms with Crippen molar-refractivity contribution in [3.8, 4) is 0 Å². The van der Waals surface area contributed by atoms with Gasteiger partial charge in [-0.05, 0) is 51.4 Å². The van der Waals surface area contributed by atoms with Gasteiger partial charge in [0, 0.05) is 12.8 Å². The average Bonchev–Trinajstić information content (AvgIpc) is 3.54. The number of aliphatic hydroxyl groups excluding tert-OH is 2. The van der Waals surface area contributed by atoms with E-state index in [0.717, 1.165) is 38.5 Å². The van der Waals surface area contributed by atoms with Gasteiger partial charge in [0.05, 0.1) is 25.4 Å². The molecule has 0 saturated heterocycles. The Balaban J connectivity index is 3.32. The maximum atomic E-state index is 12.6. The Hall–Kier alpha value is -1.40. The Labute approximate surface area is 539 Å². The van der Waals surface area contributed by atoms with Crippen LogP contribution < -0.4 is 5.32 Å². The summed E-state index contributed by atoms with van der Waals surface area (Å²) in [5, 5.41) is 23.4. The van der Waals surface area contributed by atoms with Crippen LogP contribution in [0.15, 0.2) is 12.2 Å². The third-order valence-corrected chi connectivity index (χ3v) is 19.1. The van der Waals surface area contributed by atoms with Crippen LogP contribution in [-0.2, 0) is 14.3 Å². The number of esters is 1. The molecule has 6 nitrogen and oxygen atoms in total. The van der Waals surface area contributed by atoms with Crippen LogP contribution in [0.5, 0.6) is 0 Å². The van der Waals surface area contributed by atoms with E-state index in [0.29, 0.717) is 25.9 Å². The molecule has 2 unspecified atom stereocenters. The van der Waals surface area contributed by atoms with Crippen LogP contribution in [0, 0.1) is 0 Å². The van der Waals surface area contributed by atoms with Gasteiger partial charge in [0.1, 0.15) is 0 Å². The fraction of sp³-hybridized carbons (Fsp3) is 0.950. The van der Waals surface area contributed by atoms with E-state index in [2.05, 4.69) is 31.3 Å². The zero-order valence-corrected chi connectivity index (χ0v) is 58.8. The molecule has 0 aliphatic rings. The van der Waals surface area contributed by atoms with E-state index in [1.54, 1.807) is 0 Å². The first-order chi connectivity index (χ1) is 42.5. The Morgan fingerprint density at radius 2 is 0.547 bits per heavy atom. The minimum absolute atomic E-state index is 0.0191. The van der Waals surface area contributed by atoms with E-state index in [1.807, 2.05) is 0 Å². The van der Waals surface area contributed by atoms with Crippen LogP contribution in [0.2, 0.25) is 0 Å². The van der Waals surface area contributed by atoms with Crippen molar-refractivity contribution < 1.29 is 24.5 Å². The molecule has 0 bridgehead atoms. The number of hydrogen-bond donors (Lipinski definition) is 3. The highest BCUT2D eigenvalue weighted by Gasteiger charge is 2.20. The summed E-state index contributed by atoms with van der Waals surface area (Å²) < 4.78 is 5.51. The van der Waals surface area contributed by atoms with Crippen molar-refractivity contribution >= 4 is 11.9 Å². The van der Waals surface area contributed by atoms with Crippen LogP contribution in [-0.4, -0.2) is 47.4 Å². The Morgan fingerprint density at radius 3 is 0.826 bits per heavy atom. The van der Waals surface area contributed by atoms with Gasteiger partial charge in [-0.25, -0.2) is 0 Å². The van der Waals surface area contributed by atoms with E-state index < -0.39 is 12.1 Å². The number of carbonyl (C=O) groups is 2. The fourth-order valence-electron chi connectivity index (χ4n) is 13.0. The predicted octanol–water partition coefficient (Wildman–Crippen LogP) is 26.3. The minimum atomic E-state index is -0.662. The lowest BCUT2D eigenvalue weighted by Crippen LogP contribution is -2.45. The monoisotopic (exact) mass is 1210 g/mol. The van der Waals surface area contributed by atoms with E-state index in [1.165, 1.54) is 392 Å². The van der Waals surface area contributed by atoms with Gasteiger partial charge in [-0.1, -0.05) is 411 Å². The molecular formula is C80H157NO5. The van der Waals surface area contributed by atoms with Crippen molar-refractivity contribution in [3.05, 3.63) is 12.2 Å². The highest BCUT2D eigenvalue weighted by atomic mass is 16.5. The second-order valence-corrected chi connectivity index (χ2v) is 27.8. The first kappa shape index (κ1) is 84.6. The first-order valence-corrected chi connectivity index (χ1v) is 39.9. The summed E-state index contributed by atoms with van der Waals surface area (Å²) >= 11 is 0. The number of hydrogen-bond acceptors (Lipinski definition) is 5. The van der Waals surface area contributed by atoms with Crippen LogP contribution >= 0.6 is 0 Å². The van der Waals surface area contributed by atoms with Gasteiger partial charge in [0.2, 0.25) is 5.91 Å². The zero-order valence-electron chi connectivity index (χ0n) is 58.8. The second-order valence-electron chi connectivity index (χ2n) is 27.8. The number of carbonyl (C=O) groups excluding carboxylic acids is 2. The maximum absolute atomic E-state index is 12.6. The van der Waals surface area contributed by atoms with E-state index >= 15 is 0 Å². The summed E-state index contributed by atoms with van der Waals surface area (Å²) in [4.78, 5) is 24.7. The molecule has 0 aliphatic carbocycles. The number of unbranched alkanes of at least 4 members (excludes halogenated alkanes) is 63. The highest BCUT2D eigenvalue weighted by Crippen LogP contribution is 2.20. The molecule has 0 aromatic heterocycles. The van der Waals surface area contributed by atoms with Crippen molar-refractivity contribution in [2.45, 2.75) is 475 Å². The predicted molar refractivity (Wildman–Crippen MR) is 380 cm³/mol. The summed E-state index contributed by atoms with van der Waals surface area (Å²) in [6, 6.07) is -0.538. The van der Waals surface area contributed by atoms with Crippen molar-refractivity contribution in [2.24, 2.45) is 0 Å². The van der Waals surface area contributed by atoms with Gasteiger partial charge in [0.15, 0.2) is 0 Å². The first-order valence-electron chi connectivity index (χ1n) is 39.9. The molecule has 0 aromatic rings. The van der Waals surface area contributed by atoms with Gasteiger partial charge >= 0.3 is 5.97 Å². The molecule has 0 heterocycles. The smallest absolute Gasteiger partial charge is 0.305 e. The number of nitrogens with one attached hydrogen (secondary N) is 1. The minimum Gasteiger partial charge on any atom is -0.466 e. The third-order valence-electron chi connectivity index (χ3n) is 19.1. The lowest BCUT2D eigenvalue weighted by Gasteiger charge is -2.22.